The van der Waals surface area contributed by atoms with E-state index in [1.807, 2.05) is 44.9 Å². The maximum Gasteiger partial charge on any atom is 0.410 e. The summed E-state index contributed by atoms with van der Waals surface area (Å²) in [6.07, 6.45) is 6.65. The number of hydrogen-bond donors (Lipinski definition) is 0. The Hall–Kier alpha value is -2.34. The first-order chi connectivity index (χ1) is 13.7. The Balaban J connectivity index is 1.98. The first-order valence-electron chi connectivity index (χ1n) is 10.3. The number of aromatic nitrogens is 2. The summed E-state index contributed by atoms with van der Waals surface area (Å²) >= 11 is 0. The zero-order valence-corrected chi connectivity index (χ0v) is 18.3. The highest BCUT2D eigenvalue weighted by Gasteiger charge is 2.36. The summed E-state index contributed by atoms with van der Waals surface area (Å²) in [7, 11) is 1.71. The van der Waals surface area contributed by atoms with Crippen LogP contribution in [0.1, 0.15) is 58.1 Å². The van der Waals surface area contributed by atoms with Crippen molar-refractivity contribution in [2.45, 2.75) is 71.7 Å². The van der Waals surface area contributed by atoms with Gasteiger partial charge in [0.15, 0.2) is 0 Å². The van der Waals surface area contributed by atoms with E-state index >= 15 is 0 Å². The predicted molar refractivity (Wildman–Crippen MR) is 116 cm³/mol. The molecule has 1 aliphatic carbocycles. The lowest BCUT2D eigenvalue weighted by atomic mass is 10.0. The molecule has 0 atom stereocenters. The van der Waals surface area contributed by atoms with Crippen LogP contribution in [0.3, 0.4) is 0 Å². The molecule has 3 rings (SSSR count). The Morgan fingerprint density at radius 3 is 2.69 bits per heavy atom. The number of carbonyl (C=O) groups is 1. The van der Waals surface area contributed by atoms with Crippen LogP contribution in [-0.2, 0) is 22.6 Å². The van der Waals surface area contributed by atoms with Gasteiger partial charge >= 0.3 is 6.09 Å². The van der Waals surface area contributed by atoms with E-state index in [-0.39, 0.29) is 12.1 Å². The Bertz CT molecular complexity index is 891. The zero-order valence-electron chi connectivity index (χ0n) is 18.3. The van der Waals surface area contributed by atoms with Crippen molar-refractivity contribution >= 4 is 22.7 Å². The minimum atomic E-state index is -0.511. The number of hydrogen-bond acceptors (Lipinski definition) is 4. The van der Waals surface area contributed by atoms with Crippen LogP contribution in [0.4, 0.5) is 4.79 Å². The van der Waals surface area contributed by atoms with Gasteiger partial charge in [-0.3, -0.25) is 0 Å². The number of rotatable bonds is 8. The lowest BCUT2D eigenvalue weighted by Gasteiger charge is -2.27. The number of methoxy groups -OCH3 is 1. The number of ether oxygens (including phenoxy) is 2. The average molecular weight is 400 g/mol. The zero-order chi connectivity index (χ0) is 21.2. The van der Waals surface area contributed by atoms with Crippen molar-refractivity contribution in [3.05, 3.63) is 36.2 Å². The van der Waals surface area contributed by atoms with Gasteiger partial charge in [-0.1, -0.05) is 12.2 Å². The van der Waals surface area contributed by atoms with E-state index in [1.54, 1.807) is 7.11 Å². The molecule has 1 aliphatic rings. The van der Waals surface area contributed by atoms with Crippen molar-refractivity contribution < 1.29 is 14.3 Å². The summed E-state index contributed by atoms with van der Waals surface area (Å²) in [6.45, 7) is 13.9. The van der Waals surface area contributed by atoms with Gasteiger partial charge in [0.25, 0.3) is 0 Å². The van der Waals surface area contributed by atoms with Gasteiger partial charge < -0.3 is 18.9 Å². The lowest BCUT2D eigenvalue weighted by Crippen LogP contribution is -2.37. The number of pyridine rings is 1. The molecule has 2 heterocycles. The van der Waals surface area contributed by atoms with Crippen LogP contribution < -0.4 is 0 Å². The van der Waals surface area contributed by atoms with Gasteiger partial charge in [-0.25, -0.2) is 9.78 Å². The highest BCUT2D eigenvalue weighted by Crippen LogP contribution is 2.34. The molecule has 0 radical (unpaired) electrons. The van der Waals surface area contributed by atoms with E-state index in [1.165, 1.54) is 0 Å². The summed E-state index contributed by atoms with van der Waals surface area (Å²) in [4.78, 5) is 19.4. The second-order valence-electron chi connectivity index (χ2n) is 8.87. The first kappa shape index (κ1) is 21.4. The molecule has 0 bridgehead atoms. The Morgan fingerprint density at radius 1 is 1.38 bits per heavy atom. The summed E-state index contributed by atoms with van der Waals surface area (Å²) < 4.78 is 13.1. The Morgan fingerprint density at radius 2 is 2.10 bits per heavy atom. The highest BCUT2D eigenvalue weighted by molar-refractivity contribution is 5.92. The smallest absolute Gasteiger partial charge is 0.410 e. The molecule has 6 nitrogen and oxygen atoms in total. The molecule has 0 N–H and O–H groups in total. The fraction of sp³-hybridized carbons (Fsp3) is 0.565. The van der Waals surface area contributed by atoms with E-state index in [9.17, 15) is 4.79 Å². The third-order valence-electron chi connectivity index (χ3n) is 5.00. The molecule has 6 heteroatoms. The van der Waals surface area contributed by atoms with E-state index in [4.69, 9.17) is 9.47 Å². The van der Waals surface area contributed by atoms with Crippen LogP contribution in [-0.4, -0.2) is 45.9 Å². The van der Waals surface area contributed by atoms with Crippen LogP contribution in [0, 0.1) is 0 Å². The van der Waals surface area contributed by atoms with E-state index in [0.717, 1.165) is 53.5 Å². The normalized spacial score (nSPS) is 14.2. The molecule has 1 fully saturated rings. The SMILES string of the molecule is C=C(C)c1ccnc2c1c(CN(C(=O)OC(C)(C)C)C1CC1)cn2CCCOC. The first-order valence-corrected chi connectivity index (χ1v) is 10.3. The molecular formula is C23H33N3O3. The maximum absolute atomic E-state index is 12.9. The minimum absolute atomic E-state index is 0.249. The molecule has 0 saturated heterocycles. The van der Waals surface area contributed by atoms with E-state index in [0.29, 0.717) is 13.2 Å². The molecule has 0 spiro atoms. The summed E-state index contributed by atoms with van der Waals surface area (Å²) in [5.41, 5.74) is 3.57. The largest absolute Gasteiger partial charge is 0.444 e. The minimum Gasteiger partial charge on any atom is -0.444 e. The quantitative estimate of drug-likeness (QED) is 0.586. The van der Waals surface area contributed by atoms with Gasteiger partial charge in [-0.15, -0.1) is 0 Å². The van der Waals surface area contributed by atoms with Crippen LogP contribution >= 0.6 is 0 Å². The average Bonchev–Trinajstić information content (AvgIpc) is 3.41. The predicted octanol–water partition coefficient (Wildman–Crippen LogP) is 5.01. The molecule has 29 heavy (non-hydrogen) atoms. The molecule has 2 aromatic heterocycles. The van der Waals surface area contributed by atoms with Crippen LogP contribution in [0.2, 0.25) is 0 Å². The number of amides is 1. The molecule has 0 unspecified atom stereocenters. The Kier molecular flexibility index (Phi) is 6.32. The third kappa shape index (κ3) is 5.18. The van der Waals surface area contributed by atoms with Crippen molar-refractivity contribution in [3.63, 3.8) is 0 Å². The van der Waals surface area contributed by atoms with E-state index < -0.39 is 5.60 Å². The molecule has 1 amide bonds. The van der Waals surface area contributed by atoms with Gasteiger partial charge in [0.1, 0.15) is 11.2 Å². The molecule has 2 aromatic rings. The summed E-state index contributed by atoms with van der Waals surface area (Å²) in [5.74, 6) is 0. The van der Waals surface area contributed by atoms with Crippen molar-refractivity contribution in [1.29, 1.82) is 0 Å². The number of allylic oxidation sites excluding steroid dienone is 1. The third-order valence-corrected chi connectivity index (χ3v) is 5.00. The van der Waals surface area contributed by atoms with Crippen molar-refractivity contribution in [2.24, 2.45) is 0 Å². The van der Waals surface area contributed by atoms with Gasteiger partial charge in [-0.05, 0) is 64.2 Å². The molecule has 1 saturated carbocycles. The molecule has 0 aromatic carbocycles. The van der Waals surface area contributed by atoms with Crippen molar-refractivity contribution in [1.82, 2.24) is 14.5 Å². The van der Waals surface area contributed by atoms with Gasteiger partial charge in [-0.2, -0.15) is 0 Å². The van der Waals surface area contributed by atoms with Gasteiger partial charge in [0.05, 0.1) is 6.54 Å². The maximum atomic E-state index is 12.9. The number of carbonyl (C=O) groups excluding carboxylic acids is 1. The number of fused-ring (bicyclic) bond motifs is 1. The Labute approximate surface area is 173 Å². The van der Waals surface area contributed by atoms with Gasteiger partial charge in [0.2, 0.25) is 0 Å². The second kappa shape index (κ2) is 8.57. The van der Waals surface area contributed by atoms with Crippen molar-refractivity contribution in [3.8, 4) is 0 Å². The monoisotopic (exact) mass is 399 g/mol. The van der Waals surface area contributed by atoms with Crippen LogP contribution in [0.25, 0.3) is 16.6 Å². The van der Waals surface area contributed by atoms with Gasteiger partial charge in [0, 0.05) is 44.1 Å². The highest BCUT2D eigenvalue weighted by atomic mass is 16.6. The number of aryl methyl sites for hydroxylation is 1. The topological polar surface area (TPSA) is 56.6 Å². The fourth-order valence-corrected chi connectivity index (χ4v) is 3.56. The standard InChI is InChI=1S/C23H33N3O3/c1-16(2)19-10-11-24-21-20(19)17(14-25(21)12-7-13-28-6)15-26(18-8-9-18)22(27)29-23(3,4)5/h10-11,14,18H,1,7-9,12-13,15H2,2-6H3. The van der Waals surface area contributed by atoms with E-state index in [2.05, 4.69) is 22.3 Å². The molecule has 158 valence electrons. The lowest BCUT2D eigenvalue weighted by molar-refractivity contribution is 0.0217. The summed E-state index contributed by atoms with van der Waals surface area (Å²) in [5, 5.41) is 1.08. The molecular weight excluding hydrogens is 366 g/mol. The number of nitrogens with zero attached hydrogens (tertiary/aromatic N) is 3. The second-order valence-corrected chi connectivity index (χ2v) is 8.87. The fourth-order valence-electron chi connectivity index (χ4n) is 3.56. The van der Waals surface area contributed by atoms with Crippen LogP contribution in [0.5, 0.6) is 0 Å². The van der Waals surface area contributed by atoms with Crippen LogP contribution in [0.15, 0.2) is 25.0 Å². The summed E-state index contributed by atoms with van der Waals surface area (Å²) in [6, 6.07) is 2.25. The molecule has 0 aliphatic heterocycles. The van der Waals surface area contributed by atoms with Crippen molar-refractivity contribution in [2.75, 3.05) is 13.7 Å².